The molecule has 2 N–H and O–H groups in total. The van der Waals surface area contributed by atoms with Gasteiger partial charge in [-0.25, -0.2) is 4.98 Å². The minimum absolute atomic E-state index is 0.114. The van der Waals surface area contributed by atoms with Crippen molar-refractivity contribution in [2.45, 2.75) is 39.4 Å². The van der Waals surface area contributed by atoms with Crippen LogP contribution in [0.25, 0.3) is 11.0 Å². The number of fused-ring (bicyclic) bond motifs is 1. The Hall–Kier alpha value is -2.05. The number of hydrogen-bond acceptors (Lipinski definition) is 2. The van der Waals surface area contributed by atoms with Gasteiger partial charge in [0.15, 0.2) is 0 Å². The number of hydrogen-bond donors (Lipinski definition) is 1. The van der Waals surface area contributed by atoms with E-state index in [1.54, 1.807) is 4.57 Å². The summed E-state index contributed by atoms with van der Waals surface area (Å²) in [5, 5.41) is -0.240. The number of carbonyl (C=O) groups excluding carboxylic acids is 1. The van der Waals surface area contributed by atoms with Gasteiger partial charge >= 0.3 is 6.18 Å². The maximum absolute atomic E-state index is 13.3. The van der Waals surface area contributed by atoms with Crippen LogP contribution in [0.15, 0.2) is 12.3 Å². The van der Waals surface area contributed by atoms with Crippen LogP contribution < -0.4 is 5.73 Å². The van der Waals surface area contributed by atoms with Crippen LogP contribution in [-0.2, 0) is 11.7 Å². The third kappa shape index (κ3) is 2.59. The molecule has 0 spiro atoms. The molecule has 0 saturated heterocycles. The molecule has 4 nitrogen and oxygen atoms in total. The maximum atomic E-state index is 13.3. The molecule has 0 radical (unpaired) electrons. The molecule has 0 unspecified atom stereocenters. The summed E-state index contributed by atoms with van der Waals surface area (Å²) in [5.74, 6) is -0.904. The first-order chi connectivity index (χ1) is 9.43. The lowest BCUT2D eigenvalue weighted by Crippen LogP contribution is -2.21. The summed E-state index contributed by atoms with van der Waals surface area (Å²) in [6, 6.07) is 0.932. The van der Waals surface area contributed by atoms with Gasteiger partial charge in [-0.15, -0.1) is 0 Å². The van der Waals surface area contributed by atoms with Gasteiger partial charge in [0, 0.05) is 22.8 Å². The fourth-order valence-corrected chi connectivity index (χ4v) is 2.27. The molecule has 0 aliphatic carbocycles. The molecular formula is C14H16F3N3O. The van der Waals surface area contributed by atoms with Crippen molar-refractivity contribution in [3.8, 4) is 0 Å². The second kappa shape index (κ2) is 4.47. The normalized spacial score (nSPS) is 12.9. The predicted molar refractivity (Wildman–Crippen MR) is 73.0 cm³/mol. The smallest absolute Gasteiger partial charge is 0.366 e. The van der Waals surface area contributed by atoms with E-state index in [4.69, 9.17) is 5.73 Å². The zero-order valence-corrected chi connectivity index (χ0v) is 12.2. The van der Waals surface area contributed by atoms with Gasteiger partial charge in [-0.3, -0.25) is 4.79 Å². The molecule has 2 heterocycles. The molecule has 7 heteroatoms. The molecule has 0 aliphatic rings. The van der Waals surface area contributed by atoms with E-state index in [1.165, 1.54) is 13.1 Å². The third-order valence-electron chi connectivity index (χ3n) is 3.18. The zero-order valence-electron chi connectivity index (χ0n) is 12.2. The molecule has 2 rings (SSSR count). The Kier molecular flexibility index (Phi) is 3.27. The van der Waals surface area contributed by atoms with Gasteiger partial charge in [0.1, 0.15) is 5.65 Å². The molecule has 0 atom stereocenters. The summed E-state index contributed by atoms with van der Waals surface area (Å²) in [6.07, 6.45) is -3.24. The molecule has 0 aromatic carbocycles. The number of carbonyl (C=O) groups is 1. The number of alkyl halides is 3. The summed E-state index contributed by atoms with van der Waals surface area (Å²) in [6.45, 7) is 6.93. The number of nitrogens with zero attached hydrogens (tertiary/aromatic N) is 2. The molecule has 2 aromatic heterocycles. The van der Waals surface area contributed by atoms with Crippen LogP contribution in [-0.4, -0.2) is 15.5 Å². The highest BCUT2D eigenvalue weighted by Crippen LogP contribution is 2.38. The van der Waals surface area contributed by atoms with E-state index in [-0.39, 0.29) is 22.3 Å². The third-order valence-corrected chi connectivity index (χ3v) is 3.18. The summed E-state index contributed by atoms with van der Waals surface area (Å²) in [7, 11) is 0. The number of halogens is 3. The van der Waals surface area contributed by atoms with E-state index in [9.17, 15) is 18.0 Å². The second-order valence-corrected chi connectivity index (χ2v) is 5.96. The molecular weight excluding hydrogens is 283 g/mol. The minimum Gasteiger partial charge on any atom is -0.366 e. The summed E-state index contributed by atoms with van der Waals surface area (Å²) >= 11 is 0. The Bertz CT molecular complexity index is 724. The van der Waals surface area contributed by atoms with E-state index < -0.39 is 23.2 Å². The quantitative estimate of drug-likeness (QED) is 0.879. The first kappa shape index (κ1) is 15.3. The maximum Gasteiger partial charge on any atom is 0.417 e. The van der Waals surface area contributed by atoms with Crippen molar-refractivity contribution < 1.29 is 18.0 Å². The van der Waals surface area contributed by atoms with Crippen LogP contribution >= 0.6 is 0 Å². The largest absolute Gasteiger partial charge is 0.417 e. The van der Waals surface area contributed by atoms with Gasteiger partial charge in [0.2, 0.25) is 0 Å². The van der Waals surface area contributed by atoms with Gasteiger partial charge in [-0.2, -0.15) is 13.2 Å². The van der Waals surface area contributed by atoms with E-state index in [0.717, 1.165) is 6.07 Å². The molecule has 0 saturated carbocycles. The lowest BCUT2D eigenvalue weighted by molar-refractivity contribution is -0.136. The van der Waals surface area contributed by atoms with E-state index in [1.807, 2.05) is 20.8 Å². The molecule has 114 valence electrons. The number of primary amides is 1. The molecule has 0 fully saturated rings. The van der Waals surface area contributed by atoms with Crippen molar-refractivity contribution in [2.75, 3.05) is 0 Å². The Morgan fingerprint density at radius 3 is 2.29 bits per heavy atom. The number of pyridine rings is 1. The fourth-order valence-electron chi connectivity index (χ4n) is 2.27. The van der Waals surface area contributed by atoms with Crippen molar-refractivity contribution >= 4 is 16.9 Å². The van der Waals surface area contributed by atoms with Crippen LogP contribution in [0.1, 0.15) is 42.4 Å². The molecule has 0 aliphatic heterocycles. The summed E-state index contributed by atoms with van der Waals surface area (Å²) in [4.78, 5) is 15.7. The van der Waals surface area contributed by atoms with Gasteiger partial charge in [0.25, 0.3) is 5.91 Å². The van der Waals surface area contributed by atoms with Gasteiger partial charge in [-0.05, 0) is 33.8 Å². The molecule has 2 aromatic rings. The van der Waals surface area contributed by atoms with Crippen LogP contribution in [0.4, 0.5) is 13.2 Å². The van der Waals surface area contributed by atoms with Gasteiger partial charge < -0.3 is 10.3 Å². The van der Waals surface area contributed by atoms with Crippen molar-refractivity contribution in [2.24, 2.45) is 5.73 Å². The number of amides is 1. The average molecular weight is 299 g/mol. The van der Waals surface area contributed by atoms with Gasteiger partial charge in [-0.1, -0.05) is 0 Å². The van der Waals surface area contributed by atoms with Crippen LogP contribution in [0, 0.1) is 6.92 Å². The molecule has 21 heavy (non-hydrogen) atoms. The zero-order chi connectivity index (χ0) is 16.2. The first-order valence-electron chi connectivity index (χ1n) is 6.33. The van der Waals surface area contributed by atoms with Crippen LogP contribution in [0.5, 0.6) is 0 Å². The standard InChI is InChI=1S/C14H16F3N3O/c1-7-5-9(14(15,16)17)10-8(11(18)21)6-20(12(10)19-7)13(2,3)4/h5-6H,1-4H3,(H2,18,21). The molecule has 0 bridgehead atoms. The van der Waals surface area contributed by atoms with Crippen LogP contribution in [0.2, 0.25) is 0 Å². The second-order valence-electron chi connectivity index (χ2n) is 5.96. The highest BCUT2D eigenvalue weighted by atomic mass is 19.4. The topological polar surface area (TPSA) is 60.9 Å². The summed E-state index contributed by atoms with van der Waals surface area (Å²) in [5.41, 5.74) is 4.00. The number of aryl methyl sites for hydroxylation is 1. The minimum atomic E-state index is -4.58. The number of rotatable bonds is 1. The van der Waals surface area contributed by atoms with Crippen LogP contribution in [0.3, 0.4) is 0 Å². The number of nitrogens with two attached hydrogens (primary N) is 1. The Balaban J connectivity index is 3.02. The van der Waals surface area contributed by atoms with E-state index in [0.29, 0.717) is 0 Å². The first-order valence-corrected chi connectivity index (χ1v) is 6.33. The predicted octanol–water partition coefficient (Wildman–Crippen LogP) is 3.22. The van der Waals surface area contributed by atoms with Crippen molar-refractivity contribution in [1.29, 1.82) is 0 Å². The lowest BCUT2D eigenvalue weighted by Gasteiger charge is -2.22. The van der Waals surface area contributed by atoms with Gasteiger partial charge in [0.05, 0.1) is 11.1 Å². The Morgan fingerprint density at radius 2 is 1.86 bits per heavy atom. The SMILES string of the molecule is Cc1cc(C(F)(F)F)c2c(C(N)=O)cn(C(C)(C)C)c2n1. The monoisotopic (exact) mass is 299 g/mol. The highest BCUT2D eigenvalue weighted by molar-refractivity contribution is 6.07. The average Bonchev–Trinajstić information content (AvgIpc) is 2.65. The van der Waals surface area contributed by atoms with E-state index >= 15 is 0 Å². The van der Waals surface area contributed by atoms with Crippen molar-refractivity contribution in [3.63, 3.8) is 0 Å². The van der Waals surface area contributed by atoms with Crippen molar-refractivity contribution in [3.05, 3.63) is 29.1 Å². The Morgan fingerprint density at radius 1 is 1.29 bits per heavy atom. The van der Waals surface area contributed by atoms with E-state index in [2.05, 4.69) is 4.98 Å². The highest BCUT2D eigenvalue weighted by Gasteiger charge is 2.36. The lowest BCUT2D eigenvalue weighted by atomic mass is 10.1. The summed E-state index contributed by atoms with van der Waals surface area (Å²) < 4.78 is 41.3. The fraction of sp³-hybridized carbons (Fsp3) is 0.429. The Labute approximate surface area is 119 Å². The van der Waals surface area contributed by atoms with Crippen molar-refractivity contribution in [1.82, 2.24) is 9.55 Å². The molecule has 1 amide bonds. The number of aromatic nitrogens is 2.